The molecule has 1 heteroatoms. The van der Waals surface area contributed by atoms with Gasteiger partial charge in [-0.25, -0.2) is 0 Å². The first kappa shape index (κ1) is 12.3. The number of rotatable bonds is 2. The number of hydrogen-bond acceptors (Lipinski definition) is 0. The standard InChI is InChI=1S/C14H18Cl/c1-6-10(2)11-7-12(14(3,4)5)9-13(15)8-11/h6-9H,1H2,2-5H3. The molecule has 0 saturated carbocycles. The fourth-order valence-electron chi connectivity index (χ4n) is 1.37. The highest BCUT2D eigenvalue weighted by Gasteiger charge is 2.16. The Kier molecular flexibility index (Phi) is 3.62. The molecule has 0 amide bonds. The van der Waals surface area contributed by atoms with Crippen LogP contribution in [0.15, 0.2) is 30.9 Å². The molecule has 1 aromatic rings. The fourth-order valence-corrected chi connectivity index (χ4v) is 1.60. The molecule has 0 aliphatic carbocycles. The van der Waals surface area contributed by atoms with Crippen LogP contribution in [0.5, 0.6) is 0 Å². The van der Waals surface area contributed by atoms with E-state index in [-0.39, 0.29) is 5.41 Å². The quantitative estimate of drug-likeness (QED) is 0.675. The molecule has 0 unspecified atom stereocenters. The van der Waals surface area contributed by atoms with E-state index in [0.29, 0.717) is 0 Å². The van der Waals surface area contributed by atoms with Crippen molar-refractivity contribution in [3.05, 3.63) is 52.9 Å². The van der Waals surface area contributed by atoms with Gasteiger partial charge in [-0.1, -0.05) is 51.4 Å². The molecule has 0 fully saturated rings. The highest BCUT2D eigenvalue weighted by Crippen LogP contribution is 2.29. The molecule has 0 aliphatic rings. The summed E-state index contributed by atoms with van der Waals surface area (Å²) >= 11 is 6.11. The van der Waals surface area contributed by atoms with E-state index in [4.69, 9.17) is 11.6 Å². The van der Waals surface area contributed by atoms with Gasteiger partial charge in [-0.05, 0) is 28.7 Å². The lowest BCUT2D eigenvalue weighted by Crippen LogP contribution is -2.11. The molecule has 0 spiro atoms. The molecule has 0 saturated heterocycles. The lowest BCUT2D eigenvalue weighted by atomic mass is 9.85. The summed E-state index contributed by atoms with van der Waals surface area (Å²) in [6.45, 7) is 12.4. The maximum absolute atomic E-state index is 6.11. The van der Waals surface area contributed by atoms with Crippen LogP contribution in [0.3, 0.4) is 0 Å². The zero-order valence-corrected chi connectivity index (χ0v) is 10.7. The summed E-state index contributed by atoms with van der Waals surface area (Å²) in [7, 11) is 0. The van der Waals surface area contributed by atoms with E-state index in [1.807, 2.05) is 25.1 Å². The van der Waals surface area contributed by atoms with Crippen LogP contribution in [0.2, 0.25) is 5.02 Å². The topological polar surface area (TPSA) is 0 Å². The second kappa shape index (κ2) is 4.40. The van der Waals surface area contributed by atoms with Crippen LogP contribution in [-0.2, 0) is 5.41 Å². The van der Waals surface area contributed by atoms with Gasteiger partial charge in [0.05, 0.1) is 0 Å². The molecule has 0 aliphatic heterocycles. The van der Waals surface area contributed by atoms with E-state index in [9.17, 15) is 0 Å². The average Bonchev–Trinajstić information content (AvgIpc) is 2.14. The summed E-state index contributed by atoms with van der Waals surface area (Å²) in [5.41, 5.74) is 2.54. The molecular weight excluding hydrogens is 204 g/mol. The first-order valence-electron chi connectivity index (χ1n) is 5.12. The second-order valence-corrected chi connectivity index (χ2v) is 5.30. The van der Waals surface area contributed by atoms with E-state index in [2.05, 4.69) is 33.4 Å². The van der Waals surface area contributed by atoms with Crippen LogP contribution in [0.4, 0.5) is 0 Å². The lowest BCUT2D eigenvalue weighted by Gasteiger charge is -2.21. The average molecular weight is 222 g/mol. The third kappa shape index (κ3) is 3.10. The van der Waals surface area contributed by atoms with Gasteiger partial charge in [-0.3, -0.25) is 0 Å². The lowest BCUT2D eigenvalue weighted by molar-refractivity contribution is 0.590. The Labute approximate surface area is 98.0 Å². The SMILES string of the molecule is C=C[C](C)c1cc(Cl)cc(C(C)(C)C)c1. The normalized spacial score (nSPS) is 11.9. The smallest absolute Gasteiger partial charge is 0.0412 e. The summed E-state index contributed by atoms with van der Waals surface area (Å²) in [6, 6.07) is 6.19. The summed E-state index contributed by atoms with van der Waals surface area (Å²) in [6.07, 6.45) is 1.86. The molecular formula is C14H18Cl. The van der Waals surface area contributed by atoms with Gasteiger partial charge in [0.1, 0.15) is 0 Å². The zero-order valence-electron chi connectivity index (χ0n) is 9.89. The zero-order chi connectivity index (χ0) is 11.6. The summed E-state index contributed by atoms with van der Waals surface area (Å²) in [5, 5.41) is 0.790. The predicted octanol–water partition coefficient (Wildman–Crippen LogP) is 4.77. The van der Waals surface area contributed by atoms with E-state index in [1.54, 1.807) is 0 Å². The monoisotopic (exact) mass is 221 g/mol. The van der Waals surface area contributed by atoms with Gasteiger partial charge in [0.15, 0.2) is 0 Å². The Bertz CT molecular complexity index is 358. The highest BCUT2D eigenvalue weighted by atomic mass is 35.5. The van der Waals surface area contributed by atoms with Gasteiger partial charge in [0.2, 0.25) is 0 Å². The van der Waals surface area contributed by atoms with Crippen LogP contribution in [-0.4, -0.2) is 0 Å². The van der Waals surface area contributed by atoms with Crippen molar-refractivity contribution in [2.45, 2.75) is 33.1 Å². The maximum atomic E-state index is 6.11. The van der Waals surface area contributed by atoms with Gasteiger partial charge >= 0.3 is 0 Å². The molecule has 0 nitrogen and oxygen atoms in total. The molecule has 1 rings (SSSR count). The van der Waals surface area contributed by atoms with Gasteiger partial charge in [-0.2, -0.15) is 0 Å². The van der Waals surface area contributed by atoms with E-state index in [0.717, 1.165) is 16.5 Å². The van der Waals surface area contributed by atoms with Crippen LogP contribution < -0.4 is 0 Å². The van der Waals surface area contributed by atoms with E-state index < -0.39 is 0 Å². The minimum atomic E-state index is 0.126. The number of benzene rings is 1. The second-order valence-electron chi connectivity index (χ2n) is 4.87. The van der Waals surface area contributed by atoms with Crippen molar-refractivity contribution in [1.29, 1.82) is 0 Å². The van der Waals surface area contributed by atoms with Crippen LogP contribution in [0, 0.1) is 5.92 Å². The van der Waals surface area contributed by atoms with Crippen molar-refractivity contribution in [2.24, 2.45) is 0 Å². The van der Waals surface area contributed by atoms with E-state index >= 15 is 0 Å². The predicted molar refractivity (Wildman–Crippen MR) is 68.4 cm³/mol. The number of halogens is 1. The molecule has 1 radical (unpaired) electrons. The van der Waals surface area contributed by atoms with Gasteiger partial charge in [0, 0.05) is 10.9 Å². The van der Waals surface area contributed by atoms with E-state index in [1.165, 1.54) is 5.56 Å². The largest absolute Gasteiger partial charge is 0.102 e. The molecule has 0 N–H and O–H groups in total. The first-order valence-corrected chi connectivity index (χ1v) is 5.50. The fraction of sp³-hybridized carbons (Fsp3) is 0.357. The summed E-state index contributed by atoms with van der Waals surface area (Å²) in [4.78, 5) is 0. The molecule has 1 aromatic carbocycles. The van der Waals surface area contributed by atoms with Crippen molar-refractivity contribution in [3.63, 3.8) is 0 Å². The molecule has 0 atom stereocenters. The van der Waals surface area contributed by atoms with Crippen molar-refractivity contribution in [2.75, 3.05) is 0 Å². The Morgan fingerprint density at radius 2 is 1.87 bits per heavy atom. The Morgan fingerprint density at radius 1 is 1.27 bits per heavy atom. The summed E-state index contributed by atoms with van der Waals surface area (Å²) < 4.78 is 0. The third-order valence-electron chi connectivity index (χ3n) is 2.53. The molecule has 0 aromatic heterocycles. The van der Waals surface area contributed by atoms with Gasteiger partial charge in [0.25, 0.3) is 0 Å². The van der Waals surface area contributed by atoms with Crippen LogP contribution in [0.1, 0.15) is 38.8 Å². The van der Waals surface area contributed by atoms with Gasteiger partial charge in [-0.15, -0.1) is 6.58 Å². The number of allylic oxidation sites excluding steroid dienone is 1. The van der Waals surface area contributed by atoms with Gasteiger partial charge < -0.3 is 0 Å². The third-order valence-corrected chi connectivity index (χ3v) is 2.74. The Morgan fingerprint density at radius 3 is 2.33 bits per heavy atom. The first-order chi connectivity index (χ1) is 6.84. The van der Waals surface area contributed by atoms with Crippen molar-refractivity contribution in [3.8, 4) is 0 Å². The van der Waals surface area contributed by atoms with Crippen molar-refractivity contribution >= 4 is 11.6 Å². The minimum Gasteiger partial charge on any atom is -0.102 e. The molecule has 81 valence electrons. The number of hydrogen-bond donors (Lipinski definition) is 0. The van der Waals surface area contributed by atoms with Crippen LogP contribution in [0.25, 0.3) is 0 Å². The highest BCUT2D eigenvalue weighted by molar-refractivity contribution is 6.30. The Hall–Kier alpha value is -0.750. The molecule has 0 bridgehead atoms. The maximum Gasteiger partial charge on any atom is 0.0412 e. The van der Waals surface area contributed by atoms with Crippen LogP contribution >= 0.6 is 11.6 Å². The van der Waals surface area contributed by atoms with Crippen molar-refractivity contribution < 1.29 is 0 Å². The minimum absolute atomic E-state index is 0.126. The summed E-state index contributed by atoms with van der Waals surface area (Å²) in [5.74, 6) is 1.16. The van der Waals surface area contributed by atoms with Crippen molar-refractivity contribution in [1.82, 2.24) is 0 Å². The molecule has 0 heterocycles. The molecule has 15 heavy (non-hydrogen) atoms. The Balaban J connectivity index is 3.22.